The minimum Gasteiger partial charge on any atom is -0.396 e. The molecule has 7 N–H and O–H groups in total. The van der Waals surface area contributed by atoms with Crippen LogP contribution >= 0.6 is 0 Å². The molecule has 34 heavy (non-hydrogen) atoms. The van der Waals surface area contributed by atoms with Crippen molar-refractivity contribution >= 4 is 0 Å². The molecule has 14 atom stereocenters. The lowest BCUT2D eigenvalue weighted by Crippen LogP contribution is -2.73. The van der Waals surface area contributed by atoms with E-state index in [0.717, 1.165) is 32.1 Å². The van der Waals surface area contributed by atoms with Gasteiger partial charge < -0.3 is 35.7 Å². The van der Waals surface area contributed by atoms with Crippen LogP contribution < -0.4 is 0 Å². The fraction of sp³-hybridized carbons (Fsp3) is 1.00. The van der Waals surface area contributed by atoms with Crippen LogP contribution in [0.1, 0.15) is 79.1 Å². The quantitative estimate of drug-likeness (QED) is 0.302. The van der Waals surface area contributed by atoms with Gasteiger partial charge in [-0.15, -0.1) is 0 Å². The van der Waals surface area contributed by atoms with Crippen molar-refractivity contribution in [3.05, 3.63) is 0 Å². The number of hydrogen-bond acceptors (Lipinski definition) is 7. The smallest absolute Gasteiger partial charge is 0.109 e. The largest absolute Gasteiger partial charge is 0.396 e. The number of aliphatic hydroxyl groups is 7. The van der Waals surface area contributed by atoms with Crippen LogP contribution in [0.15, 0.2) is 0 Å². The molecule has 1 unspecified atom stereocenters. The second-order valence-electron chi connectivity index (χ2n) is 13.1. The number of rotatable bonds is 6. The number of fused-ring (bicyclic) bond motifs is 5. The van der Waals surface area contributed by atoms with Crippen molar-refractivity contribution in [1.29, 1.82) is 0 Å². The first-order chi connectivity index (χ1) is 15.8. The Morgan fingerprint density at radius 1 is 0.882 bits per heavy atom. The van der Waals surface area contributed by atoms with Gasteiger partial charge in [-0.2, -0.15) is 0 Å². The molecular formula is C27H48O7. The van der Waals surface area contributed by atoms with Gasteiger partial charge in [-0.05, 0) is 73.0 Å². The Bertz CT molecular complexity index is 734. The lowest BCUT2D eigenvalue weighted by molar-refractivity contribution is -0.301. The van der Waals surface area contributed by atoms with Crippen molar-refractivity contribution in [3.63, 3.8) is 0 Å². The monoisotopic (exact) mass is 484 g/mol. The Hall–Kier alpha value is -0.280. The maximum atomic E-state index is 11.6. The minimum atomic E-state index is -1.57. The molecule has 4 aliphatic rings. The summed E-state index contributed by atoms with van der Waals surface area (Å²) in [6.45, 7) is 8.45. The molecule has 4 saturated carbocycles. The van der Waals surface area contributed by atoms with E-state index in [0.29, 0.717) is 12.8 Å². The van der Waals surface area contributed by atoms with Crippen molar-refractivity contribution in [2.24, 2.45) is 46.3 Å². The van der Waals surface area contributed by atoms with Crippen LogP contribution in [0.25, 0.3) is 0 Å². The summed E-state index contributed by atoms with van der Waals surface area (Å²) in [5.74, 6) is -0.609. The van der Waals surface area contributed by atoms with Crippen molar-refractivity contribution in [3.8, 4) is 0 Å². The third-order valence-electron chi connectivity index (χ3n) is 11.3. The minimum absolute atomic E-state index is 0.0456. The van der Waals surface area contributed by atoms with Crippen LogP contribution in [-0.2, 0) is 0 Å². The van der Waals surface area contributed by atoms with Crippen LogP contribution in [0.3, 0.4) is 0 Å². The van der Waals surface area contributed by atoms with Crippen LogP contribution in [-0.4, -0.2) is 78.5 Å². The average molecular weight is 485 g/mol. The molecule has 0 aromatic heterocycles. The molecule has 0 heterocycles. The Kier molecular flexibility index (Phi) is 7.27. The fourth-order valence-electron chi connectivity index (χ4n) is 9.41. The van der Waals surface area contributed by atoms with Gasteiger partial charge in [0.2, 0.25) is 0 Å². The Balaban J connectivity index is 1.63. The van der Waals surface area contributed by atoms with Gasteiger partial charge in [-0.1, -0.05) is 40.5 Å². The maximum absolute atomic E-state index is 11.6. The van der Waals surface area contributed by atoms with E-state index >= 15 is 0 Å². The first-order valence-corrected chi connectivity index (χ1v) is 13.6. The molecule has 4 rings (SSSR count). The van der Waals surface area contributed by atoms with Gasteiger partial charge in [0, 0.05) is 18.4 Å². The molecule has 0 radical (unpaired) electrons. The number of aliphatic hydroxyl groups excluding tert-OH is 6. The Morgan fingerprint density at radius 3 is 2.21 bits per heavy atom. The zero-order valence-electron chi connectivity index (χ0n) is 21.3. The van der Waals surface area contributed by atoms with Crippen LogP contribution in [0.5, 0.6) is 0 Å². The molecule has 4 aliphatic carbocycles. The second kappa shape index (κ2) is 9.23. The predicted octanol–water partition coefficient (Wildman–Crippen LogP) is 1.44. The van der Waals surface area contributed by atoms with Gasteiger partial charge in [-0.25, -0.2) is 0 Å². The summed E-state index contributed by atoms with van der Waals surface area (Å²) >= 11 is 0. The summed E-state index contributed by atoms with van der Waals surface area (Å²) in [7, 11) is 0. The highest BCUT2D eigenvalue weighted by atomic mass is 16.4. The zero-order chi connectivity index (χ0) is 25.2. The summed E-state index contributed by atoms with van der Waals surface area (Å²) in [5.41, 5.74) is -2.63. The predicted molar refractivity (Wildman–Crippen MR) is 128 cm³/mol. The van der Waals surface area contributed by atoms with Crippen molar-refractivity contribution < 1.29 is 35.7 Å². The highest BCUT2D eigenvalue weighted by Gasteiger charge is 2.72. The van der Waals surface area contributed by atoms with Gasteiger partial charge in [-0.3, -0.25) is 0 Å². The molecule has 0 saturated heterocycles. The first-order valence-electron chi connectivity index (χ1n) is 13.6. The third-order valence-corrected chi connectivity index (χ3v) is 11.3. The van der Waals surface area contributed by atoms with Gasteiger partial charge >= 0.3 is 0 Å². The van der Waals surface area contributed by atoms with Crippen molar-refractivity contribution in [2.75, 3.05) is 6.61 Å². The number of hydrogen-bond donors (Lipinski definition) is 7. The highest BCUT2D eigenvalue weighted by Crippen LogP contribution is 2.69. The third kappa shape index (κ3) is 3.72. The van der Waals surface area contributed by atoms with Gasteiger partial charge in [0.15, 0.2) is 0 Å². The Morgan fingerprint density at radius 2 is 1.56 bits per heavy atom. The van der Waals surface area contributed by atoms with Crippen molar-refractivity contribution in [2.45, 2.75) is 115 Å². The fourth-order valence-corrected chi connectivity index (χ4v) is 9.41. The second-order valence-corrected chi connectivity index (χ2v) is 13.1. The van der Waals surface area contributed by atoms with Crippen LogP contribution in [0.2, 0.25) is 0 Å². The lowest BCUT2D eigenvalue weighted by Gasteiger charge is -2.66. The summed E-state index contributed by atoms with van der Waals surface area (Å²) in [6, 6.07) is 0. The zero-order valence-corrected chi connectivity index (χ0v) is 21.3. The molecule has 0 aromatic rings. The molecule has 0 bridgehead atoms. The summed E-state index contributed by atoms with van der Waals surface area (Å²) < 4.78 is 0. The summed E-state index contributed by atoms with van der Waals surface area (Å²) in [5, 5.41) is 76.5. The molecule has 7 nitrogen and oxygen atoms in total. The van der Waals surface area contributed by atoms with E-state index in [9.17, 15) is 35.7 Å². The van der Waals surface area contributed by atoms with Gasteiger partial charge in [0.05, 0.1) is 24.4 Å². The van der Waals surface area contributed by atoms with E-state index in [4.69, 9.17) is 0 Å². The average Bonchev–Trinajstić information content (AvgIpc) is 2.99. The molecule has 0 aliphatic heterocycles. The summed E-state index contributed by atoms with van der Waals surface area (Å²) in [4.78, 5) is 0. The van der Waals surface area contributed by atoms with E-state index in [2.05, 4.69) is 13.8 Å². The SMILES string of the molecule is CC(CO)CCC[C@@H](C)[C@H]1[C@@H](O)[C@H](O)[C@H]2[C@@H]3[C@H](O)[C@@H](O)[C@@]4(O)C[C@@H](O)CC[C@]4(C)[C@H]3CC[C@]12C. The Labute approximate surface area is 204 Å². The molecule has 7 heteroatoms. The van der Waals surface area contributed by atoms with Crippen molar-refractivity contribution in [1.82, 2.24) is 0 Å². The molecular weight excluding hydrogens is 436 g/mol. The highest BCUT2D eigenvalue weighted by molar-refractivity contribution is 5.21. The molecule has 0 aromatic carbocycles. The summed E-state index contributed by atoms with van der Waals surface area (Å²) in [6.07, 6.45) is 0.224. The molecule has 0 amide bonds. The van der Waals surface area contributed by atoms with Crippen LogP contribution in [0.4, 0.5) is 0 Å². The normalized spacial score (nSPS) is 54.6. The van der Waals surface area contributed by atoms with E-state index in [-0.39, 0.29) is 48.0 Å². The van der Waals surface area contributed by atoms with Gasteiger partial charge in [0.25, 0.3) is 0 Å². The van der Waals surface area contributed by atoms with Crippen LogP contribution in [0, 0.1) is 46.3 Å². The standard InChI is InChI=1S/C27H48O7/c1-14(13-28)6-5-7-15(2)19-22(31)23(32)20-18-17(9-10-25(19,20)3)26(4)11-8-16(29)12-27(26,34)24(33)21(18)30/h14-24,28-34H,5-13H2,1-4H3/t14?,15-,16+,17+,18-,19+,20-,21+,22-,23-,24-,25-,26-,27+/m1/s1. The maximum Gasteiger partial charge on any atom is 0.109 e. The van der Waals surface area contributed by atoms with E-state index in [1.54, 1.807) is 0 Å². The molecule has 0 spiro atoms. The van der Waals surface area contributed by atoms with E-state index < -0.39 is 47.5 Å². The lowest BCUT2D eigenvalue weighted by atomic mass is 9.41. The van der Waals surface area contributed by atoms with E-state index in [1.807, 2.05) is 13.8 Å². The topological polar surface area (TPSA) is 142 Å². The molecule has 198 valence electrons. The van der Waals surface area contributed by atoms with Gasteiger partial charge in [0.1, 0.15) is 11.7 Å². The van der Waals surface area contributed by atoms with E-state index in [1.165, 1.54) is 0 Å². The molecule has 4 fully saturated rings. The first kappa shape index (κ1) is 26.8.